The highest BCUT2D eigenvalue weighted by Crippen LogP contribution is 2.17. The standard InChI is InChI=1S/C20H21N5O/c1-14(2)15-6-8-17(9-7-15)25-19(26)16-11-22-20(23-12-16)24-13-18-5-3-4-10-21-18/h3-12,14H,13H2,1-2H3,(H,25,26)(H,22,23,24). The second-order valence-corrected chi connectivity index (χ2v) is 6.20. The smallest absolute Gasteiger partial charge is 0.258 e. The Kier molecular flexibility index (Phi) is 5.53. The quantitative estimate of drug-likeness (QED) is 0.708. The van der Waals surface area contributed by atoms with Crippen LogP contribution in [0.15, 0.2) is 61.1 Å². The van der Waals surface area contributed by atoms with Crippen molar-refractivity contribution >= 4 is 17.5 Å². The monoisotopic (exact) mass is 347 g/mol. The van der Waals surface area contributed by atoms with Crippen molar-refractivity contribution in [2.45, 2.75) is 26.3 Å². The molecular formula is C20H21N5O. The third-order valence-electron chi connectivity index (χ3n) is 3.90. The fraction of sp³-hybridized carbons (Fsp3) is 0.200. The SMILES string of the molecule is CC(C)c1ccc(NC(=O)c2cnc(NCc3ccccn3)nc2)cc1. The average Bonchev–Trinajstić information content (AvgIpc) is 2.68. The van der Waals surface area contributed by atoms with Crippen molar-refractivity contribution in [3.05, 3.63) is 77.9 Å². The van der Waals surface area contributed by atoms with E-state index in [0.29, 0.717) is 24.0 Å². The molecule has 0 aliphatic carbocycles. The van der Waals surface area contributed by atoms with Crippen molar-refractivity contribution < 1.29 is 4.79 Å². The number of anilines is 2. The van der Waals surface area contributed by atoms with Gasteiger partial charge < -0.3 is 10.6 Å². The Morgan fingerprint density at radius 1 is 1.00 bits per heavy atom. The number of nitrogens with one attached hydrogen (secondary N) is 2. The minimum absolute atomic E-state index is 0.237. The fourth-order valence-electron chi connectivity index (χ4n) is 2.36. The zero-order valence-electron chi connectivity index (χ0n) is 14.8. The number of aromatic nitrogens is 3. The second kappa shape index (κ2) is 8.20. The van der Waals surface area contributed by atoms with Gasteiger partial charge in [-0.3, -0.25) is 9.78 Å². The van der Waals surface area contributed by atoms with Crippen molar-refractivity contribution in [1.82, 2.24) is 15.0 Å². The van der Waals surface area contributed by atoms with Gasteiger partial charge in [0.2, 0.25) is 5.95 Å². The Labute approximate surface area is 152 Å². The van der Waals surface area contributed by atoms with E-state index in [1.165, 1.54) is 18.0 Å². The maximum absolute atomic E-state index is 12.3. The van der Waals surface area contributed by atoms with Crippen LogP contribution in [-0.4, -0.2) is 20.9 Å². The Morgan fingerprint density at radius 3 is 2.35 bits per heavy atom. The van der Waals surface area contributed by atoms with Crippen LogP contribution in [0.1, 0.15) is 41.4 Å². The molecule has 132 valence electrons. The van der Waals surface area contributed by atoms with Gasteiger partial charge in [0.1, 0.15) is 0 Å². The van der Waals surface area contributed by atoms with Crippen LogP contribution in [0.2, 0.25) is 0 Å². The Bertz CT molecular complexity index is 846. The number of hydrogen-bond donors (Lipinski definition) is 2. The van der Waals surface area contributed by atoms with Crippen LogP contribution in [0.3, 0.4) is 0 Å². The lowest BCUT2D eigenvalue weighted by Gasteiger charge is -2.09. The van der Waals surface area contributed by atoms with E-state index in [0.717, 1.165) is 11.4 Å². The molecular weight excluding hydrogens is 326 g/mol. The van der Waals surface area contributed by atoms with Gasteiger partial charge in [0.15, 0.2) is 0 Å². The van der Waals surface area contributed by atoms with Crippen LogP contribution in [0.4, 0.5) is 11.6 Å². The molecule has 26 heavy (non-hydrogen) atoms. The summed E-state index contributed by atoms with van der Waals surface area (Å²) in [5.74, 6) is 0.673. The highest BCUT2D eigenvalue weighted by molar-refractivity contribution is 6.03. The van der Waals surface area contributed by atoms with Crippen molar-refractivity contribution in [2.24, 2.45) is 0 Å². The largest absolute Gasteiger partial charge is 0.349 e. The van der Waals surface area contributed by atoms with Gasteiger partial charge in [-0.15, -0.1) is 0 Å². The third kappa shape index (κ3) is 4.63. The first-order chi connectivity index (χ1) is 12.6. The summed E-state index contributed by atoms with van der Waals surface area (Å²) >= 11 is 0. The molecule has 2 aromatic heterocycles. The number of carbonyl (C=O) groups is 1. The van der Waals surface area contributed by atoms with Crippen LogP contribution < -0.4 is 10.6 Å². The van der Waals surface area contributed by atoms with Gasteiger partial charge >= 0.3 is 0 Å². The molecule has 3 aromatic rings. The van der Waals surface area contributed by atoms with Crippen LogP contribution >= 0.6 is 0 Å². The van der Waals surface area contributed by atoms with Gasteiger partial charge in [0, 0.05) is 24.3 Å². The van der Waals surface area contributed by atoms with Crippen LogP contribution in [0.25, 0.3) is 0 Å². The molecule has 0 aliphatic rings. The number of rotatable bonds is 6. The summed E-state index contributed by atoms with van der Waals surface area (Å²) in [4.78, 5) is 24.9. The molecule has 2 heterocycles. The third-order valence-corrected chi connectivity index (χ3v) is 3.90. The highest BCUT2D eigenvalue weighted by Gasteiger charge is 2.08. The van der Waals surface area contributed by atoms with Crippen LogP contribution in [-0.2, 0) is 6.54 Å². The van der Waals surface area contributed by atoms with Crippen LogP contribution in [0, 0.1) is 0 Å². The van der Waals surface area contributed by atoms with Crippen molar-refractivity contribution in [2.75, 3.05) is 10.6 Å². The lowest BCUT2D eigenvalue weighted by Crippen LogP contribution is -2.13. The molecule has 0 atom stereocenters. The topological polar surface area (TPSA) is 79.8 Å². The number of carbonyl (C=O) groups excluding carboxylic acids is 1. The van der Waals surface area contributed by atoms with Gasteiger partial charge in [0.05, 0.1) is 17.8 Å². The van der Waals surface area contributed by atoms with Crippen molar-refractivity contribution in [1.29, 1.82) is 0 Å². The zero-order valence-corrected chi connectivity index (χ0v) is 14.8. The van der Waals surface area contributed by atoms with E-state index in [1.54, 1.807) is 6.20 Å². The van der Waals surface area contributed by atoms with Crippen molar-refractivity contribution in [3.8, 4) is 0 Å². The minimum atomic E-state index is -0.237. The molecule has 0 spiro atoms. The van der Waals surface area contributed by atoms with Crippen molar-refractivity contribution in [3.63, 3.8) is 0 Å². The molecule has 0 saturated carbocycles. The average molecular weight is 347 g/mol. The highest BCUT2D eigenvalue weighted by atomic mass is 16.1. The van der Waals surface area contributed by atoms with E-state index >= 15 is 0 Å². The molecule has 0 radical (unpaired) electrons. The normalized spacial score (nSPS) is 10.6. The van der Waals surface area contributed by atoms with Gasteiger partial charge in [-0.2, -0.15) is 0 Å². The summed E-state index contributed by atoms with van der Waals surface area (Å²) in [5, 5.41) is 5.93. The van der Waals surface area contributed by atoms with E-state index in [4.69, 9.17) is 0 Å². The van der Waals surface area contributed by atoms with Gasteiger partial charge in [-0.25, -0.2) is 9.97 Å². The van der Waals surface area contributed by atoms with E-state index in [1.807, 2.05) is 42.5 Å². The predicted molar refractivity (Wildman–Crippen MR) is 102 cm³/mol. The number of nitrogens with zero attached hydrogens (tertiary/aromatic N) is 3. The summed E-state index contributed by atoms with van der Waals surface area (Å²) in [6.45, 7) is 4.79. The minimum Gasteiger partial charge on any atom is -0.349 e. The molecule has 1 amide bonds. The first-order valence-electron chi connectivity index (χ1n) is 8.49. The molecule has 0 saturated heterocycles. The van der Waals surface area contributed by atoms with Gasteiger partial charge in [0.25, 0.3) is 5.91 Å². The molecule has 1 aromatic carbocycles. The van der Waals surface area contributed by atoms with E-state index < -0.39 is 0 Å². The lowest BCUT2D eigenvalue weighted by molar-refractivity contribution is 0.102. The molecule has 0 aliphatic heterocycles. The Morgan fingerprint density at radius 2 is 1.73 bits per heavy atom. The first-order valence-corrected chi connectivity index (χ1v) is 8.49. The first kappa shape index (κ1) is 17.5. The summed E-state index contributed by atoms with van der Waals surface area (Å²) in [7, 11) is 0. The summed E-state index contributed by atoms with van der Waals surface area (Å²) in [5.41, 5.74) is 3.27. The number of hydrogen-bond acceptors (Lipinski definition) is 5. The second-order valence-electron chi connectivity index (χ2n) is 6.20. The molecule has 0 unspecified atom stereocenters. The predicted octanol–water partition coefficient (Wildman–Crippen LogP) is 3.86. The lowest BCUT2D eigenvalue weighted by atomic mass is 10.0. The molecule has 2 N–H and O–H groups in total. The maximum Gasteiger partial charge on any atom is 0.258 e. The Balaban J connectivity index is 1.58. The Hall–Kier alpha value is -3.28. The molecule has 3 rings (SSSR count). The van der Waals surface area contributed by atoms with E-state index in [-0.39, 0.29) is 5.91 Å². The maximum atomic E-state index is 12.3. The number of pyridine rings is 1. The molecule has 6 nitrogen and oxygen atoms in total. The summed E-state index contributed by atoms with van der Waals surface area (Å²) < 4.78 is 0. The van der Waals surface area contributed by atoms with Crippen LogP contribution in [0.5, 0.6) is 0 Å². The number of benzene rings is 1. The van der Waals surface area contributed by atoms with Gasteiger partial charge in [-0.05, 0) is 35.7 Å². The number of amides is 1. The van der Waals surface area contributed by atoms with E-state index in [9.17, 15) is 4.79 Å². The molecule has 0 fully saturated rings. The fourth-order valence-corrected chi connectivity index (χ4v) is 2.36. The van der Waals surface area contributed by atoms with E-state index in [2.05, 4.69) is 39.4 Å². The van der Waals surface area contributed by atoms with Gasteiger partial charge in [-0.1, -0.05) is 32.0 Å². The zero-order chi connectivity index (χ0) is 18.4. The molecule has 0 bridgehead atoms. The summed E-state index contributed by atoms with van der Waals surface area (Å²) in [6, 6.07) is 13.5. The summed E-state index contributed by atoms with van der Waals surface area (Å²) in [6.07, 6.45) is 4.75. The molecule has 6 heteroatoms.